The first kappa shape index (κ1) is 20.0. The van der Waals surface area contributed by atoms with E-state index in [4.69, 9.17) is 14.2 Å². The van der Waals surface area contributed by atoms with Gasteiger partial charge in [0, 0.05) is 0 Å². The van der Waals surface area contributed by atoms with E-state index in [-0.39, 0.29) is 17.2 Å². The van der Waals surface area contributed by atoms with Gasteiger partial charge in [-0.05, 0) is 60.2 Å². The van der Waals surface area contributed by atoms with Gasteiger partial charge >= 0.3 is 11.9 Å². The number of carbonyl (C=O) groups is 2. The second-order valence-electron chi connectivity index (χ2n) is 6.50. The molecule has 0 aromatic heterocycles. The van der Waals surface area contributed by atoms with E-state index in [2.05, 4.69) is 4.99 Å². The second-order valence-corrected chi connectivity index (χ2v) is 6.50. The molecular weight excluding hydrogens is 401 g/mol. The Morgan fingerprint density at radius 1 is 0.968 bits per heavy atom. The fraction of sp³-hybridized carbons (Fsp3) is 0.0417. The average Bonchev–Trinajstić information content (AvgIpc) is 3.15. The molecule has 1 aliphatic heterocycles. The maximum absolute atomic E-state index is 13.9. The minimum Gasteiger partial charge on any atom is -0.497 e. The molecule has 0 spiro atoms. The largest absolute Gasteiger partial charge is 0.497 e. The van der Waals surface area contributed by atoms with Crippen molar-refractivity contribution in [2.45, 2.75) is 0 Å². The molecule has 0 amide bonds. The fourth-order valence-corrected chi connectivity index (χ4v) is 2.84. The molecule has 0 aliphatic carbocycles. The summed E-state index contributed by atoms with van der Waals surface area (Å²) >= 11 is 0. The summed E-state index contributed by atoms with van der Waals surface area (Å²) in [6.45, 7) is 0. The maximum Gasteiger partial charge on any atom is 0.363 e. The van der Waals surface area contributed by atoms with E-state index in [1.807, 2.05) is 0 Å². The van der Waals surface area contributed by atoms with Crippen LogP contribution in [0.15, 0.2) is 83.5 Å². The molecule has 4 rings (SSSR count). The molecule has 0 bridgehead atoms. The van der Waals surface area contributed by atoms with Gasteiger partial charge in [-0.2, -0.15) is 0 Å². The number of hydrogen-bond donors (Lipinski definition) is 0. The predicted octanol–water partition coefficient (Wildman–Crippen LogP) is 4.40. The van der Waals surface area contributed by atoms with Crippen LogP contribution >= 0.6 is 0 Å². The van der Waals surface area contributed by atoms with Crippen molar-refractivity contribution in [3.63, 3.8) is 0 Å². The SMILES string of the molecule is COc1ccc(C(=O)Oc2ccc(/C=C3/N=C(c4ccccc4F)OC3=O)cc2)cc1. The van der Waals surface area contributed by atoms with Crippen LogP contribution in [0.5, 0.6) is 11.5 Å². The molecule has 0 unspecified atom stereocenters. The third kappa shape index (κ3) is 4.51. The standard InChI is InChI=1S/C24H16FNO5/c1-29-17-12-8-16(9-13-17)23(27)30-18-10-6-15(7-11-18)14-21-24(28)31-22(26-21)19-4-2-3-5-20(19)25/h2-14H,1H3/b21-14+. The highest BCUT2D eigenvalue weighted by molar-refractivity contribution is 6.12. The molecule has 0 N–H and O–H groups in total. The number of nitrogens with zero attached hydrogens (tertiary/aromatic N) is 1. The molecule has 1 heterocycles. The Morgan fingerprint density at radius 3 is 2.32 bits per heavy atom. The van der Waals surface area contributed by atoms with E-state index in [0.29, 0.717) is 22.6 Å². The molecule has 1 aliphatic rings. The van der Waals surface area contributed by atoms with Gasteiger partial charge in [0.25, 0.3) is 0 Å². The summed E-state index contributed by atoms with van der Waals surface area (Å²) in [5.74, 6) is -0.814. The third-order valence-electron chi connectivity index (χ3n) is 4.44. The van der Waals surface area contributed by atoms with Crippen molar-refractivity contribution >= 4 is 23.9 Å². The predicted molar refractivity (Wildman–Crippen MR) is 111 cm³/mol. The quantitative estimate of drug-likeness (QED) is 0.350. The van der Waals surface area contributed by atoms with Gasteiger partial charge < -0.3 is 14.2 Å². The molecule has 154 valence electrons. The first-order chi connectivity index (χ1) is 15.0. The molecule has 6 nitrogen and oxygen atoms in total. The lowest BCUT2D eigenvalue weighted by Gasteiger charge is -2.05. The number of aliphatic imine (C=N–C) groups is 1. The van der Waals surface area contributed by atoms with E-state index in [9.17, 15) is 14.0 Å². The molecule has 31 heavy (non-hydrogen) atoms. The Bertz CT molecular complexity index is 1200. The monoisotopic (exact) mass is 417 g/mol. The molecule has 0 radical (unpaired) electrons. The number of hydrogen-bond acceptors (Lipinski definition) is 6. The van der Waals surface area contributed by atoms with Gasteiger partial charge in [0.15, 0.2) is 5.70 Å². The van der Waals surface area contributed by atoms with Gasteiger partial charge in [0.1, 0.15) is 17.3 Å². The summed E-state index contributed by atoms with van der Waals surface area (Å²) < 4.78 is 29.4. The summed E-state index contributed by atoms with van der Waals surface area (Å²) in [4.78, 5) is 28.4. The van der Waals surface area contributed by atoms with E-state index < -0.39 is 17.8 Å². The summed E-state index contributed by atoms with van der Waals surface area (Å²) in [6, 6.07) is 19.0. The highest BCUT2D eigenvalue weighted by Gasteiger charge is 2.25. The molecule has 7 heteroatoms. The smallest absolute Gasteiger partial charge is 0.363 e. The fourth-order valence-electron chi connectivity index (χ4n) is 2.84. The van der Waals surface area contributed by atoms with Gasteiger partial charge in [0.2, 0.25) is 5.90 Å². The number of cyclic esters (lactones) is 1. The number of benzene rings is 3. The van der Waals surface area contributed by atoms with Crippen LogP contribution in [0.2, 0.25) is 0 Å². The molecule has 0 saturated heterocycles. The Hall–Kier alpha value is -4.26. The summed E-state index contributed by atoms with van der Waals surface area (Å²) in [7, 11) is 1.54. The second kappa shape index (κ2) is 8.62. The summed E-state index contributed by atoms with van der Waals surface area (Å²) in [5, 5.41) is 0. The van der Waals surface area contributed by atoms with Crippen molar-refractivity contribution in [2.75, 3.05) is 7.11 Å². The van der Waals surface area contributed by atoms with Crippen molar-refractivity contribution in [1.82, 2.24) is 0 Å². The van der Waals surface area contributed by atoms with E-state index in [0.717, 1.165) is 0 Å². The summed E-state index contributed by atoms with van der Waals surface area (Å²) in [6.07, 6.45) is 1.51. The molecule has 0 fully saturated rings. The minimum atomic E-state index is -0.673. The number of halogens is 1. The first-order valence-corrected chi connectivity index (χ1v) is 9.27. The lowest BCUT2D eigenvalue weighted by molar-refractivity contribution is -0.129. The Kier molecular flexibility index (Phi) is 5.57. The molecule has 0 saturated carbocycles. The average molecular weight is 417 g/mol. The third-order valence-corrected chi connectivity index (χ3v) is 4.44. The van der Waals surface area contributed by atoms with Crippen molar-refractivity contribution < 1.29 is 28.2 Å². The van der Waals surface area contributed by atoms with Crippen molar-refractivity contribution in [3.05, 3.63) is 101 Å². The van der Waals surface area contributed by atoms with E-state index >= 15 is 0 Å². The van der Waals surface area contributed by atoms with Crippen LogP contribution in [0.4, 0.5) is 4.39 Å². The van der Waals surface area contributed by atoms with E-state index in [1.54, 1.807) is 61.7 Å². The number of methoxy groups -OCH3 is 1. The minimum absolute atomic E-state index is 0.0428. The highest BCUT2D eigenvalue weighted by Crippen LogP contribution is 2.22. The lowest BCUT2D eigenvalue weighted by atomic mass is 10.2. The Morgan fingerprint density at radius 2 is 1.65 bits per heavy atom. The zero-order chi connectivity index (χ0) is 21.8. The normalized spacial score (nSPS) is 14.2. The number of esters is 2. The number of rotatable bonds is 5. The van der Waals surface area contributed by atoms with Crippen molar-refractivity contribution in [2.24, 2.45) is 4.99 Å². The van der Waals surface area contributed by atoms with E-state index in [1.165, 1.54) is 24.3 Å². The maximum atomic E-state index is 13.9. The lowest BCUT2D eigenvalue weighted by Crippen LogP contribution is -2.08. The van der Waals surface area contributed by atoms with Crippen LogP contribution in [-0.2, 0) is 9.53 Å². The zero-order valence-corrected chi connectivity index (χ0v) is 16.4. The van der Waals surface area contributed by atoms with Crippen molar-refractivity contribution in [1.29, 1.82) is 0 Å². The van der Waals surface area contributed by atoms with Gasteiger partial charge in [-0.25, -0.2) is 19.0 Å². The van der Waals surface area contributed by atoms with Crippen LogP contribution in [0.1, 0.15) is 21.5 Å². The molecular formula is C24H16FNO5. The van der Waals surface area contributed by atoms with Gasteiger partial charge in [-0.3, -0.25) is 0 Å². The van der Waals surface area contributed by atoms with Crippen LogP contribution in [0.3, 0.4) is 0 Å². The Balaban J connectivity index is 1.47. The van der Waals surface area contributed by atoms with Crippen molar-refractivity contribution in [3.8, 4) is 11.5 Å². The van der Waals surface area contributed by atoms with Gasteiger partial charge in [-0.1, -0.05) is 24.3 Å². The van der Waals surface area contributed by atoms with Crippen LogP contribution in [0, 0.1) is 5.82 Å². The van der Waals surface area contributed by atoms with Gasteiger partial charge in [0.05, 0.1) is 18.2 Å². The Labute approximate surface area is 177 Å². The first-order valence-electron chi connectivity index (χ1n) is 9.27. The number of carbonyl (C=O) groups excluding carboxylic acids is 2. The van der Waals surface area contributed by atoms with Crippen LogP contribution < -0.4 is 9.47 Å². The zero-order valence-electron chi connectivity index (χ0n) is 16.4. The molecule has 3 aromatic carbocycles. The number of ether oxygens (including phenoxy) is 3. The van der Waals surface area contributed by atoms with Gasteiger partial charge in [-0.15, -0.1) is 0 Å². The molecule has 3 aromatic rings. The topological polar surface area (TPSA) is 74.2 Å². The summed E-state index contributed by atoms with van der Waals surface area (Å²) in [5.41, 5.74) is 1.17. The van der Waals surface area contributed by atoms with Crippen LogP contribution in [0.25, 0.3) is 6.08 Å². The van der Waals surface area contributed by atoms with Crippen LogP contribution in [-0.4, -0.2) is 24.9 Å². The molecule has 0 atom stereocenters. The highest BCUT2D eigenvalue weighted by atomic mass is 19.1.